The molecule has 1 fully saturated rings. The predicted molar refractivity (Wildman–Crippen MR) is 255 cm³/mol. The molecule has 0 bridgehead atoms. The lowest BCUT2D eigenvalue weighted by molar-refractivity contribution is -0.136. The molecule has 68 heavy (non-hydrogen) atoms. The van der Waals surface area contributed by atoms with E-state index in [0.717, 1.165) is 48.3 Å². The molecule has 1 saturated heterocycles. The molecule has 344 valence electrons. The van der Waals surface area contributed by atoms with Gasteiger partial charge in [0.25, 0.3) is 17.7 Å². The Morgan fingerprint density at radius 1 is 0.868 bits per heavy atom. The van der Waals surface area contributed by atoms with E-state index in [-0.39, 0.29) is 42.0 Å². The number of hydrogen-bond acceptors (Lipinski definition) is 13. The Labute approximate surface area is 398 Å². The highest BCUT2D eigenvalue weighted by atomic mass is 35.5. The molecule has 0 radical (unpaired) electrons. The number of amides is 6. The van der Waals surface area contributed by atoms with Gasteiger partial charge in [-0.3, -0.25) is 48.5 Å². The Bertz CT molecular complexity index is 3180. The number of aryl methyl sites for hydroxylation is 4. The number of nitrogens with zero attached hydrogens (tertiary/aromatic N) is 7. The van der Waals surface area contributed by atoms with Gasteiger partial charge in [0, 0.05) is 38.8 Å². The summed E-state index contributed by atoms with van der Waals surface area (Å²) >= 11 is 7.91. The normalized spacial score (nSPS) is 16.5. The molecule has 0 saturated carbocycles. The molecule has 3 aliphatic rings. The summed E-state index contributed by atoms with van der Waals surface area (Å²) in [5.74, 6) is -2.10. The van der Waals surface area contributed by atoms with Crippen LogP contribution in [0.1, 0.15) is 97.3 Å². The van der Waals surface area contributed by atoms with E-state index in [4.69, 9.17) is 21.3 Å². The lowest BCUT2D eigenvalue weighted by atomic mass is 9.99. The number of aliphatic imine (C=N–C) groups is 1. The summed E-state index contributed by atoms with van der Waals surface area (Å²) in [5.41, 5.74) is 7.53. The van der Waals surface area contributed by atoms with Crippen molar-refractivity contribution in [3.05, 3.63) is 139 Å². The Balaban J connectivity index is 0.843. The van der Waals surface area contributed by atoms with Crippen LogP contribution in [-0.2, 0) is 25.6 Å². The number of fused-ring (bicyclic) bond motifs is 4. The molecular formula is C49H43ClN10O7S. The van der Waals surface area contributed by atoms with Crippen molar-refractivity contribution < 1.29 is 33.5 Å². The number of carbonyl (C=O) groups excluding carboxylic acids is 6. The molecule has 3 aliphatic heterocycles. The second-order valence-electron chi connectivity index (χ2n) is 16.5. The molecule has 1 unspecified atom stereocenters. The number of halogens is 1. The van der Waals surface area contributed by atoms with Crippen molar-refractivity contribution in [2.45, 2.75) is 72.4 Å². The number of ether oxygens (including phenoxy) is 1. The highest BCUT2D eigenvalue weighted by Crippen LogP contribution is 2.40. The molecule has 0 aliphatic carbocycles. The van der Waals surface area contributed by atoms with E-state index in [9.17, 15) is 28.8 Å². The van der Waals surface area contributed by atoms with E-state index in [0.29, 0.717) is 45.8 Å². The van der Waals surface area contributed by atoms with Crippen molar-refractivity contribution in [2.24, 2.45) is 15.2 Å². The van der Waals surface area contributed by atoms with Crippen LogP contribution in [0.5, 0.6) is 5.75 Å². The van der Waals surface area contributed by atoms with Gasteiger partial charge in [-0.25, -0.2) is 0 Å². The lowest BCUT2D eigenvalue weighted by Gasteiger charge is -2.27. The molecule has 3 N–H and O–H groups in total. The van der Waals surface area contributed by atoms with Crippen molar-refractivity contribution in [2.75, 3.05) is 17.2 Å². The summed E-state index contributed by atoms with van der Waals surface area (Å²) < 4.78 is 7.74. The smallest absolute Gasteiger partial charge is 0.266 e. The largest absolute Gasteiger partial charge is 0.483 e. The number of anilines is 2. The zero-order valence-electron chi connectivity index (χ0n) is 37.5. The van der Waals surface area contributed by atoms with Crippen molar-refractivity contribution in [3.8, 4) is 10.8 Å². The third-order valence-electron chi connectivity index (χ3n) is 12.0. The first-order valence-corrected chi connectivity index (χ1v) is 23.0. The number of hydrogen-bond donors (Lipinski definition) is 3. The van der Waals surface area contributed by atoms with Crippen LogP contribution in [0.25, 0.3) is 5.00 Å². The van der Waals surface area contributed by atoms with E-state index in [1.165, 1.54) is 18.2 Å². The zero-order valence-corrected chi connectivity index (χ0v) is 39.0. The average Bonchev–Trinajstić information content (AvgIpc) is 3.89. The second-order valence-corrected chi connectivity index (χ2v) is 18.2. The minimum atomic E-state index is -1.13. The van der Waals surface area contributed by atoms with Gasteiger partial charge in [0.2, 0.25) is 17.7 Å². The molecule has 2 aromatic heterocycles. The third-order valence-corrected chi connectivity index (χ3v) is 13.5. The van der Waals surface area contributed by atoms with Crippen molar-refractivity contribution >= 4 is 86.8 Å². The SMILES string of the molecule is CCc1cc(NC(=O)C[C@@H]2N=C(c3ccc(Cl)cc3)c3c(sc(C)c3C)-n3c(C)nnc32)ccc1/N=N\c1ccc(NC(=O)COc2cccc3c2C(=O)N(C2CCC(=O)NC2=O)C3=O)cc1C. The van der Waals surface area contributed by atoms with Crippen LogP contribution in [0.3, 0.4) is 0 Å². The molecule has 0 spiro atoms. The van der Waals surface area contributed by atoms with Crippen LogP contribution in [0.15, 0.2) is 94.1 Å². The highest BCUT2D eigenvalue weighted by Gasteiger charge is 2.46. The molecule has 5 heterocycles. The summed E-state index contributed by atoms with van der Waals surface area (Å²) in [6, 6.07) is 20.8. The van der Waals surface area contributed by atoms with Crippen molar-refractivity contribution in [1.29, 1.82) is 0 Å². The minimum absolute atomic E-state index is 0.00925. The number of imide groups is 2. The maximum absolute atomic E-state index is 13.8. The molecule has 6 aromatic rings. The number of thiophene rings is 1. The molecule has 2 atom stereocenters. The quantitative estimate of drug-likeness (QED) is 0.0790. The summed E-state index contributed by atoms with van der Waals surface area (Å²) in [7, 11) is 0. The number of rotatable bonds is 12. The van der Waals surface area contributed by atoms with E-state index in [1.807, 2.05) is 55.7 Å². The molecular weight excluding hydrogens is 908 g/mol. The van der Waals surface area contributed by atoms with Crippen LogP contribution < -0.4 is 20.7 Å². The third kappa shape index (κ3) is 8.70. The first-order chi connectivity index (χ1) is 32.7. The maximum atomic E-state index is 13.8. The first kappa shape index (κ1) is 45.5. The Morgan fingerprint density at radius 2 is 1.59 bits per heavy atom. The van der Waals surface area contributed by atoms with Gasteiger partial charge in [-0.2, -0.15) is 10.2 Å². The summed E-state index contributed by atoms with van der Waals surface area (Å²) in [5, 5.41) is 27.5. The van der Waals surface area contributed by atoms with Crippen molar-refractivity contribution in [1.82, 2.24) is 25.0 Å². The van der Waals surface area contributed by atoms with E-state index in [1.54, 1.807) is 41.7 Å². The average molecular weight is 951 g/mol. The monoisotopic (exact) mass is 950 g/mol. The van der Waals surface area contributed by atoms with Gasteiger partial charge in [-0.15, -0.1) is 21.5 Å². The fourth-order valence-electron chi connectivity index (χ4n) is 8.46. The number of aromatic nitrogens is 3. The summed E-state index contributed by atoms with van der Waals surface area (Å²) in [6.07, 6.45) is 0.627. The number of benzene rings is 4. The lowest BCUT2D eigenvalue weighted by Crippen LogP contribution is -2.54. The fraction of sp³-hybridized carbons (Fsp3) is 0.245. The molecule has 17 nitrogen and oxygen atoms in total. The molecule has 19 heteroatoms. The Morgan fingerprint density at radius 3 is 2.32 bits per heavy atom. The van der Waals surface area contributed by atoms with Crippen LogP contribution >= 0.6 is 22.9 Å². The Hall–Kier alpha value is -7.70. The summed E-state index contributed by atoms with van der Waals surface area (Å²) in [6.45, 7) is 9.39. The van der Waals surface area contributed by atoms with E-state index in [2.05, 4.69) is 50.2 Å². The van der Waals surface area contributed by atoms with Crippen LogP contribution in [-0.4, -0.2) is 73.5 Å². The molecule has 4 aromatic carbocycles. The first-order valence-electron chi connectivity index (χ1n) is 21.8. The van der Waals surface area contributed by atoms with Crippen LogP contribution in [0, 0.1) is 27.7 Å². The van der Waals surface area contributed by atoms with Gasteiger partial charge in [-0.1, -0.05) is 36.7 Å². The standard InChI is InChI=1S/C49H43ClN10O7S/c1-6-28-21-32(51-40(62)22-36-45-58-55-27(5)59(45)49-42(25(3)26(4)68-49)44(53-36)29-10-12-30(50)13-11-29)15-17-35(28)57-56-34-16-14-31(20-24(34)2)52-41(63)23-67-38-9-7-8-33-43(38)48(66)60(47(33)65)37-18-19-39(61)54-46(37)64/h7-17,20-21,36-37H,6,18-19,22-23H2,1-5H3,(H,51,62)(H,52,63)(H,54,61,64)/b57-56-/t36-,37?/m0/s1. The molecule has 6 amide bonds. The maximum Gasteiger partial charge on any atom is 0.266 e. The fourth-order valence-corrected chi connectivity index (χ4v) is 9.80. The van der Waals surface area contributed by atoms with Gasteiger partial charge >= 0.3 is 0 Å². The highest BCUT2D eigenvalue weighted by molar-refractivity contribution is 7.15. The van der Waals surface area contributed by atoms with Gasteiger partial charge < -0.3 is 15.4 Å². The van der Waals surface area contributed by atoms with Crippen LogP contribution in [0.2, 0.25) is 5.02 Å². The topological polar surface area (TPSA) is 219 Å². The summed E-state index contributed by atoms with van der Waals surface area (Å²) in [4.78, 5) is 84.7. The molecule has 9 rings (SSSR count). The van der Waals surface area contributed by atoms with Crippen molar-refractivity contribution in [3.63, 3.8) is 0 Å². The van der Waals surface area contributed by atoms with Gasteiger partial charge in [0.1, 0.15) is 28.7 Å². The van der Waals surface area contributed by atoms with Gasteiger partial charge in [0.05, 0.1) is 34.6 Å². The minimum Gasteiger partial charge on any atom is -0.483 e. The predicted octanol–water partition coefficient (Wildman–Crippen LogP) is 8.53. The zero-order chi connectivity index (χ0) is 48.0. The second kappa shape index (κ2) is 18.5. The number of nitrogens with one attached hydrogen (secondary N) is 3. The number of piperidine rings is 1. The van der Waals surface area contributed by atoms with Crippen LogP contribution in [0.4, 0.5) is 22.7 Å². The van der Waals surface area contributed by atoms with Gasteiger partial charge in [-0.05, 0) is 118 Å². The van der Waals surface area contributed by atoms with E-state index >= 15 is 0 Å². The van der Waals surface area contributed by atoms with Gasteiger partial charge in [0.15, 0.2) is 12.4 Å². The number of carbonyl (C=O) groups is 6. The van der Waals surface area contributed by atoms with E-state index < -0.39 is 48.2 Å². The number of azo groups is 1. The Kier molecular flexibility index (Phi) is 12.4.